The molecule has 0 aromatic carbocycles. The Hall–Kier alpha value is 0.828. The van der Waals surface area contributed by atoms with E-state index >= 15 is 0 Å². The molecule has 0 spiro atoms. The molecule has 0 atom stereocenters. The SMILES string of the molecule is S=C([S-])N(N1CCCC1)N(C(=S)S)N1CCCCC1.S=C([S-])N(N1CCCC1)N(C(=S)S)N1CCCCC1.[O]=[Mo+2]=[O]. The molecule has 0 radical (unpaired) electrons. The second-order valence-electron chi connectivity index (χ2n) is 9.67. The number of rotatable bonds is 4. The van der Waals surface area contributed by atoms with Gasteiger partial charge in [-0.05, 0) is 84.4 Å². The van der Waals surface area contributed by atoms with E-state index in [1.54, 1.807) is 0 Å². The van der Waals surface area contributed by atoms with E-state index in [9.17, 15) is 0 Å². The Morgan fingerprint density at radius 3 is 0.878 bits per heavy atom. The van der Waals surface area contributed by atoms with Gasteiger partial charge in [0.2, 0.25) is 0 Å². The summed E-state index contributed by atoms with van der Waals surface area (Å²) in [5, 5.41) is 16.2. The third-order valence-corrected chi connectivity index (χ3v) is 8.27. The minimum absolute atomic E-state index is 0.406. The van der Waals surface area contributed by atoms with Crippen LogP contribution in [-0.4, -0.2) is 110 Å². The Kier molecular flexibility index (Phi) is 19.3. The van der Waals surface area contributed by atoms with Crippen LogP contribution in [0.15, 0.2) is 0 Å². The van der Waals surface area contributed by atoms with Crippen LogP contribution in [0.4, 0.5) is 0 Å². The van der Waals surface area contributed by atoms with Crippen LogP contribution in [0.25, 0.3) is 0 Å². The first-order valence-corrected chi connectivity index (χ1v) is 18.6. The molecule has 0 aliphatic carbocycles. The van der Waals surface area contributed by atoms with Crippen molar-refractivity contribution in [3.05, 3.63) is 0 Å². The molecule has 4 rings (SSSR count). The van der Waals surface area contributed by atoms with Crippen LogP contribution in [0.2, 0.25) is 0 Å². The number of thiol groups is 2. The van der Waals surface area contributed by atoms with E-state index in [1.807, 2.05) is 20.5 Å². The predicted octanol–water partition coefficient (Wildman–Crippen LogP) is 3.69. The number of thiocarbonyl (C=S) groups is 4. The van der Waals surface area contributed by atoms with Gasteiger partial charge in [-0.25, -0.2) is 20.3 Å². The van der Waals surface area contributed by atoms with Gasteiger partial charge in [-0.3, -0.25) is 0 Å². The zero-order chi connectivity index (χ0) is 30.4. The summed E-state index contributed by atoms with van der Waals surface area (Å²) in [5.74, 6) is 0. The first-order chi connectivity index (χ1) is 19.6. The number of piperidine rings is 2. The number of nitrogens with zero attached hydrogens (tertiary/aromatic N) is 8. The Morgan fingerprint density at radius 1 is 0.488 bits per heavy atom. The third kappa shape index (κ3) is 12.3. The van der Waals surface area contributed by atoms with E-state index in [4.69, 9.17) is 80.9 Å². The normalized spacial score (nSPS) is 20.0. The maximum atomic E-state index is 8.50. The van der Waals surface area contributed by atoms with Crippen molar-refractivity contribution < 1.29 is 25.3 Å². The van der Waals surface area contributed by atoms with E-state index in [1.165, 1.54) is 64.2 Å². The molecular weight excluding hydrogens is 761 g/mol. The molecule has 0 aromatic heterocycles. The van der Waals surface area contributed by atoms with E-state index in [0.717, 1.165) is 52.4 Å². The average Bonchev–Trinajstić information content (AvgIpc) is 3.66. The molecule has 4 fully saturated rings. The molecule has 0 aromatic rings. The van der Waals surface area contributed by atoms with Gasteiger partial charge in [-0.1, -0.05) is 12.8 Å². The summed E-state index contributed by atoms with van der Waals surface area (Å²) in [7, 11) is 0. The fourth-order valence-electron chi connectivity index (χ4n) is 5.18. The molecule has 4 heterocycles. The average molecular weight is 799 g/mol. The molecule has 0 unspecified atom stereocenters. The van der Waals surface area contributed by atoms with Crippen LogP contribution >= 0.6 is 74.1 Å². The van der Waals surface area contributed by atoms with Gasteiger partial charge in [0.15, 0.2) is 8.64 Å². The predicted molar refractivity (Wildman–Crippen MR) is 184 cm³/mol. The topological polar surface area (TPSA) is 60.1 Å². The second-order valence-corrected chi connectivity index (χ2v) is 14.3. The van der Waals surface area contributed by atoms with E-state index < -0.39 is 18.5 Å². The van der Waals surface area contributed by atoms with Gasteiger partial charge in [-0.15, -0.1) is 25.3 Å². The van der Waals surface area contributed by atoms with Crippen molar-refractivity contribution in [3.63, 3.8) is 0 Å². The van der Waals surface area contributed by atoms with Crippen LogP contribution in [-0.2, 0) is 50.5 Å². The molecule has 0 saturated carbocycles. The Labute approximate surface area is 296 Å². The fraction of sp³-hybridized carbons (Fsp3) is 0.818. The maximum absolute atomic E-state index is 8.50. The van der Waals surface area contributed by atoms with Crippen molar-refractivity contribution in [3.8, 4) is 0 Å². The molecule has 0 N–H and O–H groups in total. The van der Waals surface area contributed by atoms with Crippen molar-refractivity contribution in [2.75, 3.05) is 52.4 Å². The van der Waals surface area contributed by atoms with Gasteiger partial charge in [0.25, 0.3) is 0 Å². The summed E-state index contributed by atoms with van der Waals surface area (Å²) in [6, 6.07) is 0. The van der Waals surface area contributed by atoms with Gasteiger partial charge in [0, 0.05) is 52.4 Å². The quantitative estimate of drug-likeness (QED) is 0.143. The molecule has 19 heteroatoms. The van der Waals surface area contributed by atoms with Crippen LogP contribution in [0.3, 0.4) is 0 Å². The third-order valence-electron chi connectivity index (χ3n) is 6.93. The summed E-state index contributed by atoms with van der Waals surface area (Å²) in [4.78, 5) is 0. The summed E-state index contributed by atoms with van der Waals surface area (Å²) >= 11 is 38.3. The first kappa shape index (κ1) is 38.0. The van der Waals surface area contributed by atoms with Crippen LogP contribution in [0.5, 0.6) is 0 Å². The molecule has 10 nitrogen and oxygen atoms in total. The summed E-state index contributed by atoms with van der Waals surface area (Å²) < 4.78 is 18.8. The van der Waals surface area contributed by atoms with Crippen LogP contribution in [0.1, 0.15) is 64.2 Å². The van der Waals surface area contributed by atoms with Crippen molar-refractivity contribution in [2.45, 2.75) is 64.2 Å². The van der Waals surface area contributed by atoms with Crippen molar-refractivity contribution in [2.24, 2.45) is 0 Å². The summed E-state index contributed by atoms with van der Waals surface area (Å²) in [6.07, 6.45) is 11.9. The summed E-state index contributed by atoms with van der Waals surface area (Å²) in [6.45, 7) is 7.78. The van der Waals surface area contributed by atoms with Crippen LogP contribution < -0.4 is 0 Å². The number of hydrogen-bond donors (Lipinski definition) is 2. The second kappa shape index (κ2) is 20.8. The Balaban J connectivity index is 0.000000262. The molecule has 232 valence electrons. The first-order valence-electron chi connectivity index (χ1n) is 13.6. The van der Waals surface area contributed by atoms with E-state index in [0.29, 0.717) is 17.3 Å². The van der Waals surface area contributed by atoms with Gasteiger partial charge in [0.1, 0.15) is 0 Å². The Morgan fingerprint density at radius 2 is 0.683 bits per heavy atom. The van der Waals surface area contributed by atoms with Crippen molar-refractivity contribution >= 4 is 117 Å². The zero-order valence-electron chi connectivity index (χ0n) is 22.9. The molecule has 0 bridgehead atoms. The summed E-state index contributed by atoms with van der Waals surface area (Å²) in [5.41, 5.74) is 0. The minimum atomic E-state index is -2.03. The van der Waals surface area contributed by atoms with Crippen molar-refractivity contribution in [1.29, 1.82) is 0 Å². The zero-order valence-corrected chi connectivity index (χ0v) is 31.6. The number of hydrogen-bond acceptors (Lipinski definition) is 12. The van der Waals surface area contributed by atoms with E-state index in [-0.39, 0.29) is 0 Å². The molecule has 4 saturated heterocycles. The standard InChI is InChI=1S/2C11H20N4S4.Mo.2O/c2*16-10(17)14(12-6-2-1-3-7-12)15(11(18)19)13-8-4-5-9-13;;;/h2*1-9H2,(H,16,17)(H,18,19);;;/q;;+2;;/p-2. The fourth-order valence-corrected chi connectivity index (χ4v) is 6.76. The number of hydrazine groups is 6. The monoisotopic (exact) mass is 800 g/mol. The van der Waals surface area contributed by atoms with E-state index in [2.05, 4.69) is 45.3 Å². The van der Waals surface area contributed by atoms with Gasteiger partial charge in [-0.2, -0.15) is 20.3 Å². The van der Waals surface area contributed by atoms with Gasteiger partial charge >= 0.3 is 25.3 Å². The van der Waals surface area contributed by atoms with Gasteiger partial charge in [0.05, 0.1) is 0 Å². The van der Waals surface area contributed by atoms with Crippen molar-refractivity contribution in [1.82, 2.24) is 40.5 Å². The van der Waals surface area contributed by atoms with Gasteiger partial charge < -0.3 is 49.7 Å². The molecule has 0 amide bonds. The molecule has 4 aliphatic heterocycles. The Bertz CT molecular complexity index is 844. The molecule has 4 aliphatic rings. The van der Waals surface area contributed by atoms with Crippen LogP contribution in [0, 0.1) is 0 Å². The molecule has 41 heavy (non-hydrogen) atoms. The molecular formula is C22H38MoN8O2S8.